The lowest BCUT2D eigenvalue weighted by Gasteiger charge is -2.21. The molecule has 1 aromatic rings. The molecule has 1 aromatic heterocycles. The molecule has 5 heteroatoms. The smallest absolute Gasteiger partial charge is 0.138 e. The van der Waals surface area contributed by atoms with Crippen molar-refractivity contribution in [1.29, 1.82) is 5.26 Å². The van der Waals surface area contributed by atoms with Gasteiger partial charge in [-0.25, -0.2) is 9.97 Å². The summed E-state index contributed by atoms with van der Waals surface area (Å²) < 4.78 is 0. The van der Waals surface area contributed by atoms with Gasteiger partial charge in [0.15, 0.2) is 0 Å². The lowest BCUT2D eigenvalue weighted by Crippen LogP contribution is -2.21. The summed E-state index contributed by atoms with van der Waals surface area (Å²) >= 11 is 6.06. The van der Waals surface area contributed by atoms with Crippen LogP contribution in [0, 0.1) is 11.3 Å². The second-order valence-corrected chi connectivity index (χ2v) is 4.24. The average Bonchev–Trinajstić information content (AvgIpc) is 2.24. The van der Waals surface area contributed by atoms with Gasteiger partial charge in [0, 0.05) is 19.2 Å². The zero-order valence-corrected chi connectivity index (χ0v) is 10.5. The molecule has 0 fully saturated rings. The fraction of sp³-hybridized carbons (Fsp3) is 0.545. The Morgan fingerprint density at radius 1 is 1.50 bits per heavy atom. The van der Waals surface area contributed by atoms with Crippen molar-refractivity contribution in [3.8, 4) is 6.07 Å². The summed E-state index contributed by atoms with van der Waals surface area (Å²) in [6.45, 7) is 4.74. The third kappa shape index (κ3) is 2.83. The fourth-order valence-corrected chi connectivity index (χ4v) is 1.84. The van der Waals surface area contributed by atoms with Crippen LogP contribution in [0.15, 0.2) is 6.33 Å². The number of hydrogen-bond donors (Lipinski definition) is 0. The van der Waals surface area contributed by atoms with Crippen LogP contribution in [0.5, 0.6) is 0 Å². The van der Waals surface area contributed by atoms with Gasteiger partial charge in [0.05, 0.1) is 12.5 Å². The highest BCUT2D eigenvalue weighted by Gasteiger charge is 2.16. The molecule has 0 spiro atoms. The molecule has 86 valence electrons. The molecule has 0 unspecified atom stereocenters. The van der Waals surface area contributed by atoms with Crippen molar-refractivity contribution in [2.24, 2.45) is 0 Å². The number of aromatic nitrogens is 2. The van der Waals surface area contributed by atoms with Crippen molar-refractivity contribution >= 4 is 17.4 Å². The summed E-state index contributed by atoms with van der Waals surface area (Å²) in [6.07, 6.45) is 1.92. The molecular weight excluding hydrogens is 224 g/mol. The van der Waals surface area contributed by atoms with E-state index in [0.717, 1.165) is 11.4 Å². The van der Waals surface area contributed by atoms with Gasteiger partial charge in [-0.1, -0.05) is 25.4 Å². The number of rotatable bonds is 4. The first-order valence-corrected chi connectivity index (χ1v) is 5.54. The van der Waals surface area contributed by atoms with Crippen LogP contribution in [0.4, 0.5) is 5.82 Å². The van der Waals surface area contributed by atoms with Crippen LogP contribution in [0.2, 0.25) is 5.15 Å². The maximum atomic E-state index is 8.56. The number of hydrogen-bond acceptors (Lipinski definition) is 4. The first-order valence-electron chi connectivity index (χ1n) is 5.16. The van der Waals surface area contributed by atoms with Gasteiger partial charge in [0.25, 0.3) is 0 Å². The van der Waals surface area contributed by atoms with Crippen LogP contribution in [0.3, 0.4) is 0 Å². The molecule has 16 heavy (non-hydrogen) atoms. The fourth-order valence-electron chi connectivity index (χ4n) is 1.49. The third-order valence-corrected chi connectivity index (χ3v) is 2.61. The molecule has 0 radical (unpaired) electrons. The van der Waals surface area contributed by atoms with Gasteiger partial charge in [-0.3, -0.25) is 0 Å². The van der Waals surface area contributed by atoms with Crippen molar-refractivity contribution in [1.82, 2.24) is 9.97 Å². The van der Waals surface area contributed by atoms with Gasteiger partial charge in [-0.15, -0.1) is 0 Å². The number of anilines is 1. The molecule has 0 aliphatic heterocycles. The van der Waals surface area contributed by atoms with Gasteiger partial charge in [0.1, 0.15) is 17.3 Å². The number of halogens is 1. The third-order valence-electron chi connectivity index (χ3n) is 2.31. The summed E-state index contributed by atoms with van der Waals surface area (Å²) in [5, 5.41) is 9.05. The summed E-state index contributed by atoms with van der Waals surface area (Å²) in [7, 11) is 1.90. The Bertz CT molecular complexity index is 397. The lowest BCUT2D eigenvalue weighted by molar-refractivity contribution is 0.807. The minimum Gasteiger partial charge on any atom is -0.358 e. The second kappa shape index (κ2) is 5.66. The molecule has 0 saturated carbocycles. The molecule has 0 N–H and O–H groups in total. The van der Waals surface area contributed by atoms with Gasteiger partial charge in [0.2, 0.25) is 0 Å². The van der Waals surface area contributed by atoms with E-state index in [9.17, 15) is 0 Å². The van der Waals surface area contributed by atoms with E-state index in [4.69, 9.17) is 16.9 Å². The van der Waals surface area contributed by atoms with Crippen LogP contribution in [-0.4, -0.2) is 23.6 Å². The lowest BCUT2D eigenvalue weighted by atomic mass is 10.1. The minimum absolute atomic E-state index is 0.258. The highest BCUT2D eigenvalue weighted by molar-refractivity contribution is 6.30. The summed E-state index contributed by atoms with van der Waals surface area (Å²) in [6, 6.07) is 2.11. The van der Waals surface area contributed by atoms with Gasteiger partial charge < -0.3 is 4.90 Å². The molecule has 0 aliphatic carbocycles. The van der Waals surface area contributed by atoms with Gasteiger partial charge in [-0.2, -0.15) is 5.26 Å². The Morgan fingerprint density at radius 3 is 2.75 bits per heavy atom. The Morgan fingerprint density at radius 2 is 2.19 bits per heavy atom. The Kier molecular flexibility index (Phi) is 4.51. The van der Waals surface area contributed by atoms with Crippen molar-refractivity contribution in [2.45, 2.75) is 26.2 Å². The molecular formula is C11H15ClN4. The normalized spacial score (nSPS) is 10.2. The zero-order valence-electron chi connectivity index (χ0n) is 9.74. The Hall–Kier alpha value is -1.34. The summed E-state index contributed by atoms with van der Waals surface area (Å²) in [5.74, 6) is 1.07. The molecule has 0 aromatic carbocycles. The van der Waals surface area contributed by atoms with E-state index < -0.39 is 0 Å². The largest absolute Gasteiger partial charge is 0.358 e. The van der Waals surface area contributed by atoms with E-state index >= 15 is 0 Å². The van der Waals surface area contributed by atoms with Crippen LogP contribution in [-0.2, 0) is 0 Å². The summed E-state index contributed by atoms with van der Waals surface area (Å²) in [5.41, 5.74) is 0.935. The first kappa shape index (κ1) is 12.7. The Balaban J connectivity index is 3.03. The van der Waals surface area contributed by atoms with Crippen molar-refractivity contribution in [3.05, 3.63) is 17.0 Å². The van der Waals surface area contributed by atoms with E-state index in [0.29, 0.717) is 18.1 Å². The van der Waals surface area contributed by atoms with E-state index in [2.05, 4.69) is 16.0 Å². The first-order chi connectivity index (χ1) is 7.57. The monoisotopic (exact) mass is 238 g/mol. The van der Waals surface area contributed by atoms with Crippen LogP contribution in [0.1, 0.15) is 31.7 Å². The van der Waals surface area contributed by atoms with E-state index in [-0.39, 0.29) is 5.92 Å². The van der Waals surface area contributed by atoms with Gasteiger partial charge in [-0.05, 0) is 5.92 Å². The van der Waals surface area contributed by atoms with Crippen LogP contribution < -0.4 is 4.90 Å². The summed E-state index contributed by atoms with van der Waals surface area (Å²) in [4.78, 5) is 10.2. The topological polar surface area (TPSA) is 52.8 Å². The van der Waals surface area contributed by atoms with Crippen LogP contribution in [0.25, 0.3) is 0 Å². The minimum atomic E-state index is 0.258. The molecule has 0 saturated heterocycles. The standard InChI is InChI=1S/C11H15ClN4/c1-8(2)9-10(12)14-7-15-11(9)16(3)6-4-5-13/h7-8H,4,6H2,1-3H3. The quantitative estimate of drug-likeness (QED) is 0.757. The van der Waals surface area contributed by atoms with E-state index in [1.165, 1.54) is 6.33 Å². The highest BCUT2D eigenvalue weighted by Crippen LogP contribution is 2.29. The predicted octanol–water partition coefficient (Wildman–Crippen LogP) is 2.60. The van der Waals surface area contributed by atoms with Gasteiger partial charge >= 0.3 is 0 Å². The second-order valence-electron chi connectivity index (χ2n) is 3.89. The highest BCUT2D eigenvalue weighted by atomic mass is 35.5. The van der Waals surface area contributed by atoms with Crippen molar-refractivity contribution in [2.75, 3.05) is 18.5 Å². The van der Waals surface area contributed by atoms with Crippen LogP contribution >= 0.6 is 11.6 Å². The number of nitriles is 1. The molecule has 1 rings (SSSR count). The molecule has 0 atom stereocenters. The molecule has 0 amide bonds. The molecule has 0 bridgehead atoms. The SMILES string of the molecule is CC(C)c1c(Cl)ncnc1N(C)CCC#N. The van der Waals surface area contributed by atoms with Crippen molar-refractivity contribution in [3.63, 3.8) is 0 Å². The zero-order chi connectivity index (χ0) is 12.1. The van der Waals surface area contributed by atoms with E-state index in [1.54, 1.807) is 0 Å². The molecule has 4 nitrogen and oxygen atoms in total. The molecule has 0 aliphatic rings. The van der Waals surface area contributed by atoms with E-state index in [1.807, 2.05) is 25.8 Å². The predicted molar refractivity (Wildman–Crippen MR) is 64.6 cm³/mol. The Labute approximate surface area is 101 Å². The molecule has 1 heterocycles. The maximum Gasteiger partial charge on any atom is 0.138 e. The van der Waals surface area contributed by atoms with Crippen molar-refractivity contribution < 1.29 is 0 Å². The number of nitrogens with zero attached hydrogens (tertiary/aromatic N) is 4. The average molecular weight is 239 g/mol. The maximum absolute atomic E-state index is 8.56.